The summed E-state index contributed by atoms with van der Waals surface area (Å²) in [5.74, 6) is 0.754. The highest BCUT2D eigenvalue weighted by Crippen LogP contribution is 2.17. The van der Waals surface area contributed by atoms with Gasteiger partial charge in [0.25, 0.3) is 0 Å². The van der Waals surface area contributed by atoms with E-state index in [-0.39, 0.29) is 0 Å². The molecule has 0 bridgehead atoms. The Bertz CT molecular complexity index is 475. The molecule has 23 heavy (non-hydrogen) atoms. The minimum absolute atomic E-state index is 0.374. The molecule has 128 valence electrons. The van der Waals surface area contributed by atoms with Crippen molar-refractivity contribution in [2.75, 3.05) is 51.4 Å². The number of anilines is 1. The molecule has 1 aromatic carbocycles. The summed E-state index contributed by atoms with van der Waals surface area (Å²) < 4.78 is 16.1. The van der Waals surface area contributed by atoms with Crippen molar-refractivity contribution < 1.29 is 19.0 Å². The van der Waals surface area contributed by atoms with Gasteiger partial charge in [0.1, 0.15) is 12.4 Å². The second-order valence-electron chi connectivity index (χ2n) is 5.44. The lowest BCUT2D eigenvalue weighted by Gasteiger charge is -2.26. The van der Waals surface area contributed by atoms with E-state index in [9.17, 15) is 4.79 Å². The van der Waals surface area contributed by atoms with Gasteiger partial charge >= 0.3 is 6.09 Å². The Labute approximate surface area is 137 Å². The van der Waals surface area contributed by atoms with E-state index in [1.54, 1.807) is 6.07 Å². The number of rotatable bonds is 8. The van der Waals surface area contributed by atoms with Gasteiger partial charge in [-0.2, -0.15) is 0 Å². The average Bonchev–Trinajstić information content (AvgIpc) is 2.56. The van der Waals surface area contributed by atoms with Crippen LogP contribution in [0.4, 0.5) is 10.5 Å². The Morgan fingerprint density at radius 2 is 2.13 bits per heavy atom. The van der Waals surface area contributed by atoms with Crippen LogP contribution < -0.4 is 10.1 Å². The Balaban J connectivity index is 1.68. The van der Waals surface area contributed by atoms with Gasteiger partial charge in [-0.3, -0.25) is 10.2 Å². The monoisotopic (exact) mass is 322 g/mol. The van der Waals surface area contributed by atoms with Gasteiger partial charge in [-0.25, -0.2) is 4.79 Å². The fraction of sp³-hybridized carbons (Fsp3) is 0.588. The molecule has 1 saturated heterocycles. The SMILES string of the molecule is CCCCOc1cccc(NC(=O)OCCN2CCOCC2)c1. The number of nitrogens with zero attached hydrogens (tertiary/aromatic N) is 1. The molecule has 1 aliphatic heterocycles. The number of benzene rings is 1. The molecule has 0 aromatic heterocycles. The first-order valence-electron chi connectivity index (χ1n) is 8.24. The molecule has 1 aromatic rings. The number of hydrogen-bond acceptors (Lipinski definition) is 5. The lowest BCUT2D eigenvalue weighted by Crippen LogP contribution is -2.38. The minimum atomic E-state index is -0.441. The lowest BCUT2D eigenvalue weighted by molar-refractivity contribution is 0.0290. The summed E-state index contributed by atoms with van der Waals surface area (Å²) in [5.41, 5.74) is 0.676. The van der Waals surface area contributed by atoms with E-state index in [0.29, 0.717) is 18.9 Å². The van der Waals surface area contributed by atoms with Gasteiger partial charge in [-0.1, -0.05) is 19.4 Å². The topological polar surface area (TPSA) is 60.0 Å². The summed E-state index contributed by atoms with van der Waals surface area (Å²) in [6.07, 6.45) is 1.67. The molecule has 1 N–H and O–H groups in total. The van der Waals surface area contributed by atoms with E-state index in [4.69, 9.17) is 14.2 Å². The van der Waals surface area contributed by atoms with Crippen LogP contribution in [0.3, 0.4) is 0 Å². The zero-order chi connectivity index (χ0) is 16.3. The maximum Gasteiger partial charge on any atom is 0.411 e. The first kappa shape index (κ1) is 17.6. The zero-order valence-electron chi connectivity index (χ0n) is 13.8. The van der Waals surface area contributed by atoms with Gasteiger partial charge < -0.3 is 14.2 Å². The predicted octanol–water partition coefficient (Wildman–Crippen LogP) is 2.75. The molecule has 1 aliphatic rings. The molecular formula is C17H26N2O4. The normalized spacial score (nSPS) is 15.2. The van der Waals surface area contributed by atoms with Crippen LogP contribution in [0.2, 0.25) is 0 Å². The smallest absolute Gasteiger partial charge is 0.411 e. The number of carbonyl (C=O) groups is 1. The molecular weight excluding hydrogens is 296 g/mol. The third-order valence-corrected chi connectivity index (χ3v) is 3.59. The van der Waals surface area contributed by atoms with Crippen LogP contribution in [-0.4, -0.2) is 57.1 Å². The van der Waals surface area contributed by atoms with Gasteiger partial charge in [0, 0.05) is 31.4 Å². The van der Waals surface area contributed by atoms with Crippen LogP contribution in [0.25, 0.3) is 0 Å². The Kier molecular flexibility index (Phi) is 7.69. The Morgan fingerprint density at radius 3 is 2.91 bits per heavy atom. The molecule has 1 heterocycles. The van der Waals surface area contributed by atoms with Crippen molar-refractivity contribution in [2.45, 2.75) is 19.8 Å². The third-order valence-electron chi connectivity index (χ3n) is 3.59. The van der Waals surface area contributed by atoms with Crippen molar-refractivity contribution in [3.63, 3.8) is 0 Å². The highest BCUT2D eigenvalue weighted by molar-refractivity contribution is 5.84. The second-order valence-corrected chi connectivity index (χ2v) is 5.44. The number of morpholine rings is 1. The largest absolute Gasteiger partial charge is 0.494 e. The summed E-state index contributed by atoms with van der Waals surface area (Å²) in [6, 6.07) is 7.35. The molecule has 6 heteroatoms. The summed E-state index contributed by atoms with van der Waals surface area (Å²) >= 11 is 0. The molecule has 1 fully saturated rings. The van der Waals surface area contributed by atoms with Crippen molar-refractivity contribution >= 4 is 11.8 Å². The van der Waals surface area contributed by atoms with Gasteiger partial charge in [0.05, 0.1) is 19.8 Å². The fourth-order valence-electron chi connectivity index (χ4n) is 2.24. The van der Waals surface area contributed by atoms with E-state index < -0.39 is 6.09 Å². The molecule has 6 nitrogen and oxygen atoms in total. The molecule has 0 atom stereocenters. The van der Waals surface area contributed by atoms with Gasteiger partial charge in [-0.05, 0) is 18.6 Å². The van der Waals surface area contributed by atoms with Crippen molar-refractivity contribution in [1.82, 2.24) is 4.90 Å². The van der Waals surface area contributed by atoms with Crippen LogP contribution in [0.1, 0.15) is 19.8 Å². The Hall–Kier alpha value is -1.79. The minimum Gasteiger partial charge on any atom is -0.494 e. The summed E-state index contributed by atoms with van der Waals surface area (Å²) in [5, 5.41) is 2.73. The first-order valence-corrected chi connectivity index (χ1v) is 8.24. The number of nitrogens with one attached hydrogen (secondary N) is 1. The van der Waals surface area contributed by atoms with Crippen molar-refractivity contribution in [3.05, 3.63) is 24.3 Å². The van der Waals surface area contributed by atoms with E-state index in [1.165, 1.54) is 0 Å². The third kappa shape index (κ3) is 6.88. The highest BCUT2D eigenvalue weighted by Gasteiger charge is 2.11. The van der Waals surface area contributed by atoms with E-state index >= 15 is 0 Å². The Morgan fingerprint density at radius 1 is 1.30 bits per heavy atom. The number of carbonyl (C=O) groups excluding carboxylic acids is 1. The molecule has 2 rings (SSSR count). The van der Waals surface area contributed by atoms with Crippen LogP contribution >= 0.6 is 0 Å². The molecule has 0 unspecified atom stereocenters. The average molecular weight is 322 g/mol. The molecule has 0 saturated carbocycles. The van der Waals surface area contributed by atoms with Crippen molar-refractivity contribution in [3.8, 4) is 5.75 Å². The molecule has 1 amide bonds. The maximum atomic E-state index is 11.8. The quantitative estimate of drug-likeness (QED) is 0.746. The first-order chi connectivity index (χ1) is 11.3. The predicted molar refractivity (Wildman–Crippen MR) is 89.1 cm³/mol. The van der Waals surface area contributed by atoms with Crippen molar-refractivity contribution in [2.24, 2.45) is 0 Å². The molecule has 0 radical (unpaired) electrons. The number of amides is 1. The van der Waals surface area contributed by atoms with E-state index in [0.717, 1.165) is 51.4 Å². The number of hydrogen-bond donors (Lipinski definition) is 1. The van der Waals surface area contributed by atoms with E-state index in [2.05, 4.69) is 17.1 Å². The molecule has 0 aliphatic carbocycles. The van der Waals surface area contributed by atoms with Crippen LogP contribution in [0.15, 0.2) is 24.3 Å². The maximum absolute atomic E-state index is 11.8. The zero-order valence-corrected chi connectivity index (χ0v) is 13.8. The van der Waals surface area contributed by atoms with E-state index in [1.807, 2.05) is 18.2 Å². The fourth-order valence-corrected chi connectivity index (χ4v) is 2.24. The number of unbranched alkanes of at least 4 members (excludes halogenated alkanes) is 1. The molecule has 0 spiro atoms. The van der Waals surface area contributed by atoms with Gasteiger partial charge in [0.15, 0.2) is 0 Å². The standard InChI is InChI=1S/C17H26N2O4/c1-2-3-10-22-16-6-4-5-15(14-16)18-17(20)23-13-9-19-7-11-21-12-8-19/h4-6,14H,2-3,7-13H2,1H3,(H,18,20). The summed E-state index contributed by atoms with van der Waals surface area (Å²) in [4.78, 5) is 14.0. The highest BCUT2D eigenvalue weighted by atomic mass is 16.5. The van der Waals surface area contributed by atoms with Crippen LogP contribution in [0, 0.1) is 0 Å². The number of ether oxygens (including phenoxy) is 3. The van der Waals surface area contributed by atoms with Crippen LogP contribution in [-0.2, 0) is 9.47 Å². The summed E-state index contributed by atoms with van der Waals surface area (Å²) in [6.45, 7) is 7.19. The van der Waals surface area contributed by atoms with Crippen LogP contribution in [0.5, 0.6) is 5.75 Å². The summed E-state index contributed by atoms with van der Waals surface area (Å²) in [7, 11) is 0. The van der Waals surface area contributed by atoms with Crippen molar-refractivity contribution in [1.29, 1.82) is 0 Å². The van der Waals surface area contributed by atoms with Gasteiger partial charge in [-0.15, -0.1) is 0 Å². The lowest BCUT2D eigenvalue weighted by atomic mass is 10.3. The second kappa shape index (κ2) is 10.1. The van der Waals surface area contributed by atoms with Gasteiger partial charge in [0.2, 0.25) is 0 Å².